The summed E-state index contributed by atoms with van der Waals surface area (Å²) in [7, 11) is 0. The number of benzene rings is 7. The van der Waals surface area contributed by atoms with E-state index in [0.29, 0.717) is 0 Å². The maximum Gasteiger partial charge on any atom is 0.0619 e. The third kappa shape index (κ3) is 5.12. The molecular formula is C49H36N2. The zero-order chi connectivity index (χ0) is 34.3. The Morgan fingerprint density at radius 2 is 0.941 bits per heavy atom. The average molecular weight is 653 g/mol. The van der Waals surface area contributed by atoms with Gasteiger partial charge >= 0.3 is 0 Å². The molecule has 0 atom stereocenters. The molecule has 0 fully saturated rings. The van der Waals surface area contributed by atoms with Crippen LogP contribution in [0.3, 0.4) is 0 Å². The number of aromatic nitrogens is 2. The second-order valence-corrected chi connectivity index (χ2v) is 13.0. The van der Waals surface area contributed by atoms with E-state index in [1.165, 1.54) is 82.7 Å². The van der Waals surface area contributed by atoms with E-state index in [1.54, 1.807) is 0 Å². The Morgan fingerprint density at radius 1 is 0.471 bits per heavy atom. The molecule has 9 rings (SSSR count). The lowest BCUT2D eigenvalue weighted by molar-refractivity contribution is 1.17. The van der Waals surface area contributed by atoms with Gasteiger partial charge in [-0.1, -0.05) is 146 Å². The number of rotatable bonds is 7. The van der Waals surface area contributed by atoms with Gasteiger partial charge in [0.1, 0.15) is 0 Å². The molecule has 0 N–H and O–H groups in total. The average Bonchev–Trinajstić information content (AvgIpc) is 3.70. The van der Waals surface area contributed by atoms with Crippen molar-refractivity contribution in [2.75, 3.05) is 0 Å². The lowest BCUT2D eigenvalue weighted by Gasteiger charge is -2.21. The van der Waals surface area contributed by atoms with Gasteiger partial charge in [0.2, 0.25) is 0 Å². The number of hydrogen-bond acceptors (Lipinski definition) is 0. The minimum absolute atomic E-state index is 1.15. The minimum Gasteiger partial charge on any atom is -0.309 e. The van der Waals surface area contributed by atoms with Gasteiger partial charge in [0.05, 0.1) is 27.8 Å². The summed E-state index contributed by atoms with van der Waals surface area (Å²) in [6.07, 6.45) is 8.01. The number of hydrogen-bond donors (Lipinski definition) is 0. The van der Waals surface area contributed by atoms with Crippen molar-refractivity contribution in [3.05, 3.63) is 200 Å². The van der Waals surface area contributed by atoms with Crippen molar-refractivity contribution in [1.29, 1.82) is 0 Å². The van der Waals surface area contributed by atoms with Crippen LogP contribution in [0.15, 0.2) is 195 Å². The van der Waals surface area contributed by atoms with Crippen LogP contribution < -0.4 is 0 Å². The van der Waals surface area contributed by atoms with E-state index in [0.717, 1.165) is 5.69 Å². The number of allylic oxidation sites excluding steroid dienone is 5. The van der Waals surface area contributed by atoms with Gasteiger partial charge in [-0.3, -0.25) is 0 Å². The van der Waals surface area contributed by atoms with Crippen LogP contribution in [0.4, 0.5) is 0 Å². The standard InChI is InChI=1S/C49H36N2/c1-3-4-7-18-34(2)37-31-42(35-19-8-5-9-20-35)49(43(32-37)36-21-10-6-11-22-36)51-47-28-17-14-25-41(47)44-33-38(29-30-48(44)51)50-45-26-15-12-23-39(45)40-24-13-16-27-46(40)50/h3-33H,1H2,2H3/b7-4-,34-18+. The van der Waals surface area contributed by atoms with Gasteiger partial charge in [-0.2, -0.15) is 0 Å². The molecule has 9 aromatic rings. The Labute approximate surface area is 298 Å². The van der Waals surface area contributed by atoms with Gasteiger partial charge in [-0.15, -0.1) is 0 Å². The number of para-hydroxylation sites is 3. The van der Waals surface area contributed by atoms with Gasteiger partial charge in [0.25, 0.3) is 0 Å². The van der Waals surface area contributed by atoms with Crippen molar-refractivity contribution >= 4 is 49.2 Å². The first kappa shape index (κ1) is 30.4. The van der Waals surface area contributed by atoms with Crippen molar-refractivity contribution < 1.29 is 0 Å². The molecule has 2 aromatic heterocycles. The molecule has 242 valence electrons. The maximum absolute atomic E-state index is 3.85. The van der Waals surface area contributed by atoms with Crippen molar-refractivity contribution in [2.24, 2.45) is 0 Å². The zero-order valence-electron chi connectivity index (χ0n) is 28.5. The first-order valence-corrected chi connectivity index (χ1v) is 17.5. The van der Waals surface area contributed by atoms with E-state index in [1.807, 2.05) is 12.2 Å². The highest BCUT2D eigenvalue weighted by atomic mass is 15.0. The highest BCUT2D eigenvalue weighted by molar-refractivity contribution is 6.13. The van der Waals surface area contributed by atoms with Crippen LogP contribution in [0.25, 0.3) is 82.8 Å². The SMILES string of the molecule is C=C/C=C\C=C(/C)c1cc(-c2ccccc2)c(-n2c3ccccc3c3cc(-n4c5ccccc5c5ccccc54)ccc32)c(-c2ccccc2)c1. The van der Waals surface area contributed by atoms with E-state index >= 15 is 0 Å². The Morgan fingerprint density at radius 3 is 1.49 bits per heavy atom. The van der Waals surface area contributed by atoms with E-state index < -0.39 is 0 Å². The molecule has 51 heavy (non-hydrogen) atoms. The molecule has 2 nitrogen and oxygen atoms in total. The van der Waals surface area contributed by atoms with Gasteiger partial charge in [-0.25, -0.2) is 0 Å². The lowest BCUT2D eigenvalue weighted by atomic mass is 9.90. The van der Waals surface area contributed by atoms with E-state index in [4.69, 9.17) is 0 Å². The highest BCUT2D eigenvalue weighted by Crippen LogP contribution is 2.44. The fourth-order valence-electron chi connectivity index (χ4n) is 7.69. The van der Waals surface area contributed by atoms with Crippen LogP contribution in [-0.4, -0.2) is 9.13 Å². The van der Waals surface area contributed by atoms with Crippen LogP contribution >= 0.6 is 0 Å². The maximum atomic E-state index is 3.85. The van der Waals surface area contributed by atoms with Crippen molar-refractivity contribution in [1.82, 2.24) is 9.13 Å². The van der Waals surface area contributed by atoms with Crippen LogP contribution in [0.5, 0.6) is 0 Å². The van der Waals surface area contributed by atoms with Crippen LogP contribution in [0.2, 0.25) is 0 Å². The first-order valence-electron chi connectivity index (χ1n) is 17.5. The van der Waals surface area contributed by atoms with Gasteiger partial charge in [-0.05, 0) is 77.7 Å². The Kier molecular flexibility index (Phi) is 7.56. The summed E-state index contributed by atoms with van der Waals surface area (Å²) in [5.74, 6) is 0. The quantitative estimate of drug-likeness (QED) is 0.152. The predicted molar refractivity (Wildman–Crippen MR) is 219 cm³/mol. The van der Waals surface area contributed by atoms with Crippen molar-refractivity contribution in [2.45, 2.75) is 6.92 Å². The monoisotopic (exact) mass is 652 g/mol. The van der Waals surface area contributed by atoms with Gasteiger partial charge < -0.3 is 9.13 Å². The summed E-state index contributed by atoms with van der Waals surface area (Å²) in [5, 5.41) is 4.97. The number of fused-ring (bicyclic) bond motifs is 6. The molecule has 2 heterocycles. The lowest BCUT2D eigenvalue weighted by Crippen LogP contribution is -2.02. The summed E-state index contributed by atoms with van der Waals surface area (Å²) in [6.45, 7) is 6.04. The summed E-state index contributed by atoms with van der Waals surface area (Å²) in [6, 6.07) is 59.6. The van der Waals surface area contributed by atoms with Crippen LogP contribution in [0.1, 0.15) is 12.5 Å². The molecule has 0 radical (unpaired) electrons. The molecule has 0 aliphatic carbocycles. The molecule has 0 unspecified atom stereocenters. The molecular weight excluding hydrogens is 617 g/mol. The van der Waals surface area contributed by atoms with Crippen molar-refractivity contribution in [3.8, 4) is 33.6 Å². The molecule has 2 heteroatoms. The molecule has 0 aliphatic rings. The minimum atomic E-state index is 1.15. The van der Waals surface area contributed by atoms with Crippen molar-refractivity contribution in [3.63, 3.8) is 0 Å². The topological polar surface area (TPSA) is 9.86 Å². The smallest absolute Gasteiger partial charge is 0.0619 e. The third-order valence-electron chi connectivity index (χ3n) is 10.0. The molecule has 7 aromatic carbocycles. The van der Waals surface area contributed by atoms with Gasteiger partial charge in [0, 0.05) is 38.4 Å². The Hall–Kier alpha value is -6.64. The van der Waals surface area contributed by atoms with E-state index in [9.17, 15) is 0 Å². The van der Waals surface area contributed by atoms with E-state index in [2.05, 4.69) is 199 Å². The molecule has 0 aliphatic heterocycles. The number of nitrogens with zero attached hydrogens (tertiary/aromatic N) is 2. The molecule has 0 bridgehead atoms. The fourth-order valence-corrected chi connectivity index (χ4v) is 7.69. The van der Waals surface area contributed by atoms with Gasteiger partial charge in [0.15, 0.2) is 0 Å². The summed E-state index contributed by atoms with van der Waals surface area (Å²) in [5.41, 5.74) is 14.2. The summed E-state index contributed by atoms with van der Waals surface area (Å²) >= 11 is 0. The Bertz CT molecular complexity index is 2690. The zero-order valence-corrected chi connectivity index (χ0v) is 28.5. The third-order valence-corrected chi connectivity index (χ3v) is 10.0. The second-order valence-electron chi connectivity index (χ2n) is 13.0. The van der Waals surface area contributed by atoms with Crippen LogP contribution in [0, 0.1) is 0 Å². The second kappa shape index (κ2) is 12.7. The molecule has 0 saturated heterocycles. The largest absolute Gasteiger partial charge is 0.309 e. The first-order chi connectivity index (χ1) is 25.2. The highest BCUT2D eigenvalue weighted by Gasteiger charge is 2.22. The molecule has 0 saturated carbocycles. The molecule has 0 spiro atoms. The molecule has 0 amide bonds. The summed E-state index contributed by atoms with van der Waals surface area (Å²) in [4.78, 5) is 0. The normalized spacial score (nSPS) is 12.1. The predicted octanol–water partition coefficient (Wildman–Crippen LogP) is 13.4. The van der Waals surface area contributed by atoms with E-state index in [-0.39, 0.29) is 0 Å². The van der Waals surface area contributed by atoms with Crippen LogP contribution in [-0.2, 0) is 0 Å². The summed E-state index contributed by atoms with van der Waals surface area (Å²) < 4.78 is 4.90. The fraction of sp³-hybridized carbons (Fsp3) is 0.0204. The Balaban J connectivity index is 1.38.